The van der Waals surface area contributed by atoms with Crippen LogP contribution in [0.25, 0.3) is 0 Å². The van der Waals surface area contributed by atoms with Gasteiger partial charge in [-0.1, -0.05) is 17.7 Å². The van der Waals surface area contributed by atoms with Crippen LogP contribution in [0.5, 0.6) is 5.88 Å². The first-order valence-electron chi connectivity index (χ1n) is 8.07. The fourth-order valence-electron chi connectivity index (χ4n) is 2.50. The zero-order valence-electron chi connectivity index (χ0n) is 14.0. The highest BCUT2D eigenvalue weighted by atomic mass is 35.5. The van der Waals surface area contributed by atoms with Gasteiger partial charge in [-0.15, -0.1) is 5.10 Å². The van der Waals surface area contributed by atoms with E-state index in [2.05, 4.69) is 25.2 Å². The van der Waals surface area contributed by atoms with Gasteiger partial charge in [0.05, 0.1) is 12.3 Å². The second-order valence-corrected chi connectivity index (χ2v) is 6.25. The smallest absolute Gasteiger partial charge is 0.422 e. The minimum Gasteiger partial charge on any atom is -0.466 e. The van der Waals surface area contributed by atoms with Crippen molar-refractivity contribution in [2.45, 2.75) is 18.7 Å². The average Bonchev–Trinajstić information content (AvgIpc) is 3.01. The number of H-pyrrole nitrogens is 1. The van der Waals surface area contributed by atoms with Gasteiger partial charge >= 0.3 is 6.18 Å². The van der Waals surface area contributed by atoms with Crippen LogP contribution >= 0.6 is 11.6 Å². The summed E-state index contributed by atoms with van der Waals surface area (Å²) in [6.07, 6.45) is -3.16. The molecule has 3 rings (SSSR count). The lowest BCUT2D eigenvalue weighted by molar-refractivity contribution is -0.154. The number of hydrogen-bond donors (Lipinski definition) is 2. The predicted molar refractivity (Wildman–Crippen MR) is 89.0 cm³/mol. The highest BCUT2D eigenvalue weighted by Crippen LogP contribution is 2.28. The zero-order valence-corrected chi connectivity index (χ0v) is 14.7. The highest BCUT2D eigenvalue weighted by Gasteiger charge is 2.30. The number of nitrogens with zero attached hydrogens (tertiary/aromatic N) is 2. The fraction of sp³-hybridized carbons (Fsp3) is 0.438. The molecule has 0 aromatic carbocycles. The molecule has 1 aliphatic rings. The van der Waals surface area contributed by atoms with Gasteiger partial charge in [0.2, 0.25) is 0 Å². The normalized spacial score (nSPS) is 17.7. The van der Waals surface area contributed by atoms with Crippen LogP contribution in [0.3, 0.4) is 0 Å². The molecule has 0 bridgehead atoms. The molecule has 1 atom stereocenters. The Balaban J connectivity index is 1.62. The van der Waals surface area contributed by atoms with Gasteiger partial charge in [0.1, 0.15) is 16.8 Å². The van der Waals surface area contributed by atoms with Crippen LogP contribution in [-0.2, 0) is 11.2 Å². The van der Waals surface area contributed by atoms with Gasteiger partial charge in [-0.05, 0) is 11.6 Å². The first-order chi connectivity index (χ1) is 12.8. The molecule has 7 nitrogen and oxygen atoms in total. The van der Waals surface area contributed by atoms with Crippen LogP contribution in [0.2, 0.25) is 5.02 Å². The largest absolute Gasteiger partial charge is 0.466 e. The second kappa shape index (κ2) is 8.24. The second-order valence-electron chi connectivity index (χ2n) is 5.88. The molecule has 0 aliphatic carbocycles. The molecule has 1 aliphatic heterocycles. The standard InChI is InChI=1S/C16H16ClF3N4O3/c17-13-14(23-24-15(13)27-8-16(18,19)20)11(25)5-9-1-2-10(22-6-9)12-7-21-3-4-26-12/h1-2,6,12,21H,3-5,7-8H2,(H,23,24)/t12-/m0/s1. The molecule has 3 heterocycles. The molecule has 0 amide bonds. The fourth-order valence-corrected chi connectivity index (χ4v) is 2.75. The molecule has 1 saturated heterocycles. The van der Waals surface area contributed by atoms with Gasteiger partial charge in [0.15, 0.2) is 12.4 Å². The first kappa shape index (κ1) is 19.6. The summed E-state index contributed by atoms with van der Waals surface area (Å²) < 4.78 is 46.7. The lowest BCUT2D eigenvalue weighted by atomic mass is 10.1. The van der Waals surface area contributed by atoms with Crippen LogP contribution in [0.1, 0.15) is 27.8 Å². The van der Waals surface area contributed by atoms with Crippen LogP contribution < -0.4 is 10.1 Å². The van der Waals surface area contributed by atoms with Crippen molar-refractivity contribution in [3.63, 3.8) is 0 Å². The Morgan fingerprint density at radius 1 is 1.41 bits per heavy atom. The number of aromatic amines is 1. The van der Waals surface area contributed by atoms with Gasteiger partial charge in [0, 0.05) is 25.7 Å². The number of aromatic nitrogens is 3. The van der Waals surface area contributed by atoms with E-state index in [0.29, 0.717) is 18.7 Å². The van der Waals surface area contributed by atoms with Crippen molar-refractivity contribution in [1.29, 1.82) is 0 Å². The molecule has 2 aromatic heterocycles. The Labute approximate surface area is 157 Å². The summed E-state index contributed by atoms with van der Waals surface area (Å²) >= 11 is 5.90. The van der Waals surface area contributed by atoms with Crippen LogP contribution in [0.15, 0.2) is 18.3 Å². The van der Waals surface area contributed by atoms with E-state index in [1.807, 2.05) is 0 Å². The molecule has 2 aromatic rings. The van der Waals surface area contributed by atoms with Crippen molar-refractivity contribution in [3.05, 3.63) is 40.3 Å². The summed E-state index contributed by atoms with van der Waals surface area (Å²) in [6, 6.07) is 3.51. The summed E-state index contributed by atoms with van der Waals surface area (Å²) in [5, 5.41) is 8.76. The molecule has 2 N–H and O–H groups in total. The third kappa shape index (κ3) is 5.18. The Morgan fingerprint density at radius 2 is 2.22 bits per heavy atom. The third-order valence-electron chi connectivity index (χ3n) is 3.80. The maximum atomic E-state index is 12.3. The number of pyridine rings is 1. The molecule has 27 heavy (non-hydrogen) atoms. The predicted octanol–water partition coefficient (Wildman–Crippen LogP) is 2.49. The Kier molecular flexibility index (Phi) is 5.98. The van der Waals surface area contributed by atoms with Gasteiger partial charge in [0.25, 0.3) is 5.88 Å². The Hall–Kier alpha value is -2.17. The number of carbonyl (C=O) groups is 1. The Bertz CT molecular complexity index is 789. The van der Waals surface area contributed by atoms with Gasteiger partial charge in [-0.3, -0.25) is 14.9 Å². The molecular weight excluding hydrogens is 389 g/mol. The minimum absolute atomic E-state index is 0.0440. The van der Waals surface area contributed by atoms with Gasteiger partial charge < -0.3 is 14.8 Å². The van der Waals surface area contributed by atoms with Gasteiger partial charge in [-0.25, -0.2) is 0 Å². The van der Waals surface area contributed by atoms with Crippen LogP contribution in [0, 0.1) is 0 Å². The molecule has 0 saturated carbocycles. The lowest BCUT2D eigenvalue weighted by Gasteiger charge is -2.23. The molecule has 0 spiro atoms. The SMILES string of the molecule is O=C(Cc1ccc([C@@H]2CNCCO2)nc1)c1[nH]nc(OCC(F)(F)F)c1Cl. The van der Waals surface area contributed by atoms with Crippen molar-refractivity contribution in [2.24, 2.45) is 0 Å². The first-order valence-corrected chi connectivity index (χ1v) is 8.45. The maximum absolute atomic E-state index is 12.3. The van der Waals surface area contributed by atoms with Crippen molar-refractivity contribution in [1.82, 2.24) is 20.5 Å². The molecule has 146 valence electrons. The van der Waals surface area contributed by atoms with Crippen molar-refractivity contribution in [3.8, 4) is 5.88 Å². The van der Waals surface area contributed by atoms with E-state index in [-0.39, 0.29) is 23.2 Å². The van der Waals surface area contributed by atoms with E-state index in [4.69, 9.17) is 16.3 Å². The van der Waals surface area contributed by atoms with Crippen LogP contribution in [0.4, 0.5) is 13.2 Å². The summed E-state index contributed by atoms with van der Waals surface area (Å²) in [5.41, 5.74) is 1.26. The summed E-state index contributed by atoms with van der Waals surface area (Å²) in [4.78, 5) is 16.6. The summed E-state index contributed by atoms with van der Waals surface area (Å²) in [6.45, 7) is 0.511. The monoisotopic (exact) mass is 404 g/mol. The number of halogens is 4. The number of carbonyl (C=O) groups excluding carboxylic acids is 1. The summed E-state index contributed by atoms with van der Waals surface area (Å²) in [5.74, 6) is -0.910. The maximum Gasteiger partial charge on any atom is 0.422 e. The van der Waals surface area contributed by atoms with E-state index in [1.165, 1.54) is 0 Å². The molecule has 0 radical (unpaired) electrons. The molecule has 0 unspecified atom stereocenters. The number of nitrogens with one attached hydrogen (secondary N) is 2. The number of alkyl halides is 3. The van der Waals surface area contributed by atoms with Crippen molar-refractivity contribution in [2.75, 3.05) is 26.3 Å². The van der Waals surface area contributed by atoms with Crippen LogP contribution in [-0.4, -0.2) is 53.4 Å². The van der Waals surface area contributed by atoms with Crippen molar-refractivity contribution < 1.29 is 27.4 Å². The topological polar surface area (TPSA) is 89.1 Å². The number of ether oxygens (including phenoxy) is 2. The number of rotatable bonds is 6. The number of ketones is 1. The quantitative estimate of drug-likeness (QED) is 0.719. The van der Waals surface area contributed by atoms with Gasteiger partial charge in [-0.2, -0.15) is 13.2 Å². The van der Waals surface area contributed by atoms with Crippen molar-refractivity contribution >= 4 is 17.4 Å². The number of morpholine rings is 1. The number of Topliss-reactive ketones (excluding diaryl/α,β-unsaturated/α-hetero) is 1. The third-order valence-corrected chi connectivity index (χ3v) is 4.15. The minimum atomic E-state index is -4.53. The van der Waals surface area contributed by atoms with E-state index < -0.39 is 24.4 Å². The zero-order chi connectivity index (χ0) is 19.4. The van der Waals surface area contributed by atoms with E-state index >= 15 is 0 Å². The molecule has 1 fully saturated rings. The van der Waals surface area contributed by atoms with E-state index in [1.54, 1.807) is 18.3 Å². The van der Waals surface area contributed by atoms with E-state index in [0.717, 1.165) is 12.2 Å². The average molecular weight is 405 g/mol. The Morgan fingerprint density at radius 3 is 2.85 bits per heavy atom. The number of hydrogen-bond acceptors (Lipinski definition) is 6. The highest BCUT2D eigenvalue weighted by molar-refractivity contribution is 6.35. The molecule has 11 heteroatoms. The van der Waals surface area contributed by atoms with E-state index in [9.17, 15) is 18.0 Å². The summed E-state index contributed by atoms with van der Waals surface area (Å²) in [7, 11) is 0. The molecular formula is C16H16ClF3N4O3. The lowest BCUT2D eigenvalue weighted by Crippen LogP contribution is -2.33.